The normalized spacial score (nSPS) is 25.5. The highest BCUT2D eigenvalue weighted by molar-refractivity contribution is 6.34. The number of allylic oxidation sites excluding steroid dienone is 1. The minimum absolute atomic E-state index is 0.0394. The van der Waals surface area contributed by atoms with Crippen molar-refractivity contribution in [2.24, 2.45) is 11.8 Å². The Morgan fingerprint density at radius 3 is 2.55 bits per heavy atom. The van der Waals surface area contributed by atoms with Crippen molar-refractivity contribution in [3.05, 3.63) is 90.5 Å². The van der Waals surface area contributed by atoms with Crippen molar-refractivity contribution in [1.29, 1.82) is 0 Å². The summed E-state index contributed by atoms with van der Waals surface area (Å²) in [6, 6.07) is 14.2. The lowest BCUT2D eigenvalue weighted by molar-refractivity contribution is -0.161. The van der Waals surface area contributed by atoms with E-state index in [4.69, 9.17) is 21.1 Å². The summed E-state index contributed by atoms with van der Waals surface area (Å²) in [7, 11) is 0. The van der Waals surface area contributed by atoms with Gasteiger partial charge in [-0.3, -0.25) is 19.2 Å². The van der Waals surface area contributed by atoms with Gasteiger partial charge in [0.25, 0.3) is 5.91 Å². The highest BCUT2D eigenvalue weighted by Crippen LogP contribution is 2.59. The van der Waals surface area contributed by atoms with E-state index >= 15 is 0 Å². The zero-order valence-electron chi connectivity index (χ0n) is 26.6. The lowest BCUT2D eigenvalue weighted by Gasteiger charge is -2.39. The summed E-state index contributed by atoms with van der Waals surface area (Å²) < 4.78 is 12.7. The third-order valence-corrected chi connectivity index (χ3v) is 9.85. The monoisotopic (exact) mass is 663 g/mol. The van der Waals surface area contributed by atoms with Crippen LogP contribution in [-0.2, 0) is 28.7 Å². The maximum absolute atomic E-state index is 14.7. The molecule has 0 unspecified atom stereocenters. The molecular formula is C36H42ClN3O7. The second kappa shape index (κ2) is 14.8. The summed E-state index contributed by atoms with van der Waals surface area (Å²) in [5, 5.41) is 13.6. The molecular weight excluding hydrogens is 622 g/mol. The second-order valence-electron chi connectivity index (χ2n) is 12.2. The molecule has 3 heterocycles. The van der Waals surface area contributed by atoms with Crippen LogP contribution in [0.5, 0.6) is 0 Å². The van der Waals surface area contributed by atoms with Crippen LogP contribution in [0.2, 0.25) is 5.02 Å². The Bertz CT molecular complexity index is 1500. The summed E-state index contributed by atoms with van der Waals surface area (Å²) >= 11 is 6.54. The SMILES string of the molecule is C=CCCC(=O)NC[C@@H](OC(=O)[C@@H]1[C@H]2C(=O)N([C@@H](CC)CO)[C@H](C(=O)N(CC=C)c3ccccc3Cl)[C@]23CC[C@H]1O3)c1ccccc1. The first-order chi connectivity index (χ1) is 22.7. The van der Waals surface area contributed by atoms with E-state index in [1.807, 2.05) is 25.1 Å². The predicted octanol–water partition coefficient (Wildman–Crippen LogP) is 4.37. The Morgan fingerprint density at radius 2 is 1.89 bits per heavy atom. The highest BCUT2D eigenvalue weighted by atomic mass is 35.5. The fourth-order valence-electron chi connectivity index (χ4n) is 7.34. The number of hydrogen-bond acceptors (Lipinski definition) is 7. The topological polar surface area (TPSA) is 125 Å². The van der Waals surface area contributed by atoms with E-state index in [0.717, 1.165) is 0 Å². The second-order valence-corrected chi connectivity index (χ2v) is 12.6. The molecule has 3 amide bonds. The maximum atomic E-state index is 14.7. The molecule has 0 radical (unpaired) electrons. The van der Waals surface area contributed by atoms with Gasteiger partial charge in [0.2, 0.25) is 11.8 Å². The van der Waals surface area contributed by atoms with Crippen molar-refractivity contribution in [3.8, 4) is 0 Å². The van der Waals surface area contributed by atoms with E-state index in [1.165, 1.54) is 9.80 Å². The molecule has 7 atom stereocenters. The summed E-state index contributed by atoms with van der Waals surface area (Å²) in [5.74, 6) is -3.69. The van der Waals surface area contributed by atoms with Crippen molar-refractivity contribution in [1.82, 2.24) is 10.2 Å². The Hall–Kier alpha value is -3.99. The number of benzene rings is 2. The standard InChI is InChI=1S/C36H42ClN3O7/c1-4-7-17-29(42)38-21-28(23-13-9-8-10-14-23)46-35(45)30-27-18-19-36(47-27)31(30)33(43)40(24(6-3)22-41)32(36)34(44)39(20-5-2)26-16-12-11-15-25(26)37/h4-5,8-16,24,27-28,30-32,41H,1-2,6-7,17-22H2,3H3,(H,38,42)/t24-,27+,28+,30-,31-,32+,36-/m0/s1. The number of ether oxygens (including phenoxy) is 2. The van der Waals surface area contributed by atoms with Gasteiger partial charge in [-0.2, -0.15) is 0 Å². The maximum Gasteiger partial charge on any atom is 0.313 e. The summed E-state index contributed by atoms with van der Waals surface area (Å²) in [5.41, 5.74) is -0.178. The molecule has 2 N–H and O–H groups in total. The average molecular weight is 664 g/mol. The lowest BCUT2D eigenvalue weighted by atomic mass is 9.70. The highest BCUT2D eigenvalue weighted by Gasteiger charge is 2.75. The molecule has 0 aliphatic carbocycles. The Kier molecular flexibility index (Phi) is 10.8. The number of anilines is 1. The van der Waals surface area contributed by atoms with E-state index in [-0.39, 0.29) is 32.0 Å². The number of rotatable bonds is 15. The lowest BCUT2D eigenvalue weighted by Crippen LogP contribution is -2.59. The van der Waals surface area contributed by atoms with Crippen LogP contribution in [0.1, 0.15) is 50.7 Å². The van der Waals surface area contributed by atoms with E-state index < -0.39 is 59.5 Å². The molecule has 2 aromatic rings. The van der Waals surface area contributed by atoms with Crippen molar-refractivity contribution in [3.63, 3.8) is 0 Å². The van der Waals surface area contributed by atoms with Crippen molar-refractivity contribution >= 4 is 41.0 Å². The van der Waals surface area contributed by atoms with E-state index in [9.17, 15) is 24.3 Å². The number of esters is 1. The van der Waals surface area contributed by atoms with Gasteiger partial charge >= 0.3 is 5.97 Å². The van der Waals surface area contributed by atoms with Crippen LogP contribution in [-0.4, -0.2) is 77.2 Å². The number of nitrogens with zero attached hydrogens (tertiary/aromatic N) is 2. The Balaban J connectivity index is 1.48. The zero-order chi connectivity index (χ0) is 33.7. The molecule has 3 aliphatic rings. The van der Waals surface area contributed by atoms with Gasteiger partial charge in [0.05, 0.1) is 47.8 Å². The summed E-state index contributed by atoms with van der Waals surface area (Å²) in [6.45, 7) is 9.09. The van der Waals surface area contributed by atoms with Crippen molar-refractivity contribution in [2.45, 2.75) is 68.9 Å². The molecule has 1 spiro atoms. The molecule has 11 heteroatoms. The molecule has 10 nitrogen and oxygen atoms in total. The zero-order valence-corrected chi connectivity index (χ0v) is 27.3. The largest absolute Gasteiger partial charge is 0.455 e. The van der Waals surface area contributed by atoms with Gasteiger partial charge in [-0.05, 0) is 43.4 Å². The molecule has 250 valence electrons. The minimum atomic E-state index is -1.31. The van der Waals surface area contributed by atoms with E-state index in [1.54, 1.807) is 48.6 Å². The molecule has 2 bridgehead atoms. The quantitative estimate of drug-likeness (QED) is 0.214. The van der Waals surface area contributed by atoms with Gasteiger partial charge < -0.3 is 29.7 Å². The number of likely N-dealkylation sites (tertiary alicyclic amines) is 1. The number of fused-ring (bicyclic) bond motifs is 1. The first-order valence-electron chi connectivity index (χ1n) is 16.1. The van der Waals surface area contributed by atoms with Crippen molar-refractivity contribution in [2.75, 3.05) is 24.6 Å². The number of nitrogens with one attached hydrogen (secondary N) is 1. The molecule has 3 fully saturated rings. The smallest absolute Gasteiger partial charge is 0.313 e. The van der Waals surface area contributed by atoms with E-state index in [2.05, 4.69) is 18.5 Å². The fraction of sp³-hybridized carbons (Fsp3) is 0.444. The molecule has 2 aromatic carbocycles. The fourth-order valence-corrected chi connectivity index (χ4v) is 7.58. The number of carbonyl (C=O) groups excluding carboxylic acids is 4. The first kappa shape index (κ1) is 34.3. The van der Waals surface area contributed by atoms with E-state index in [0.29, 0.717) is 42.0 Å². The van der Waals surface area contributed by atoms with Gasteiger partial charge in [-0.1, -0.05) is 73.1 Å². The Morgan fingerprint density at radius 1 is 1.17 bits per heavy atom. The summed E-state index contributed by atoms with van der Waals surface area (Å²) in [4.78, 5) is 58.6. The molecule has 3 aliphatic heterocycles. The van der Waals surface area contributed by atoms with Gasteiger partial charge in [0.1, 0.15) is 17.7 Å². The number of para-hydroxylation sites is 1. The number of aliphatic hydroxyl groups excluding tert-OH is 1. The number of aliphatic hydroxyl groups is 1. The average Bonchev–Trinajstić information content (AvgIpc) is 3.73. The third kappa shape index (κ3) is 6.46. The van der Waals surface area contributed by atoms with Crippen LogP contribution in [0.25, 0.3) is 0 Å². The van der Waals surface area contributed by atoms with Crippen LogP contribution < -0.4 is 10.2 Å². The van der Waals surface area contributed by atoms with Gasteiger partial charge in [0.15, 0.2) is 0 Å². The Labute approximate surface area is 280 Å². The minimum Gasteiger partial charge on any atom is -0.455 e. The molecule has 0 aromatic heterocycles. The number of halogens is 1. The van der Waals surface area contributed by atoms with Crippen LogP contribution >= 0.6 is 11.6 Å². The predicted molar refractivity (Wildman–Crippen MR) is 177 cm³/mol. The molecule has 47 heavy (non-hydrogen) atoms. The van der Waals surface area contributed by atoms with Crippen molar-refractivity contribution < 1.29 is 33.8 Å². The molecule has 3 saturated heterocycles. The van der Waals surface area contributed by atoms with Crippen LogP contribution in [0.3, 0.4) is 0 Å². The third-order valence-electron chi connectivity index (χ3n) is 9.53. The summed E-state index contributed by atoms with van der Waals surface area (Å²) in [6.07, 6.45) is 3.73. The number of carbonyl (C=O) groups is 4. The molecule has 5 rings (SSSR count). The number of amides is 3. The first-order valence-corrected chi connectivity index (χ1v) is 16.5. The van der Waals surface area contributed by atoms with Gasteiger partial charge in [-0.15, -0.1) is 13.2 Å². The van der Waals surface area contributed by atoms with Crippen LogP contribution in [0.4, 0.5) is 5.69 Å². The van der Waals surface area contributed by atoms with Crippen LogP contribution in [0, 0.1) is 11.8 Å². The van der Waals surface area contributed by atoms with Gasteiger partial charge in [-0.25, -0.2) is 0 Å². The number of hydrogen-bond donors (Lipinski definition) is 2. The van der Waals surface area contributed by atoms with Gasteiger partial charge in [0, 0.05) is 13.0 Å². The van der Waals surface area contributed by atoms with Crippen LogP contribution in [0.15, 0.2) is 79.9 Å². The molecule has 0 saturated carbocycles.